The Hall–Kier alpha value is -1.66. The average molecular weight is 207 g/mol. The lowest BCUT2D eigenvalue weighted by molar-refractivity contribution is 0.636. The van der Waals surface area contributed by atoms with Crippen molar-refractivity contribution in [2.75, 3.05) is 0 Å². The Morgan fingerprint density at radius 3 is 2.79 bits per heavy atom. The highest BCUT2D eigenvalue weighted by Gasteiger charge is 2.06. The van der Waals surface area contributed by atoms with Crippen LogP contribution < -0.4 is 0 Å². The molecule has 2 rings (SSSR count). The molecule has 1 aromatic carbocycles. The van der Waals surface area contributed by atoms with Crippen LogP contribution in [0.5, 0.6) is 0 Å². The van der Waals surface area contributed by atoms with Gasteiger partial charge >= 0.3 is 0 Å². The number of pyridine rings is 1. The number of rotatable bonds is 0. The van der Waals surface area contributed by atoms with Crippen LogP contribution >= 0.6 is 11.6 Å². The minimum Gasteiger partial charge on any atom is -0.233 e. The third kappa shape index (κ3) is 1.30. The van der Waals surface area contributed by atoms with Crippen molar-refractivity contribution in [3.63, 3.8) is 0 Å². The van der Waals surface area contributed by atoms with Crippen molar-refractivity contribution in [3.05, 3.63) is 40.8 Å². The fourth-order valence-corrected chi connectivity index (χ4v) is 1.40. The van der Waals surface area contributed by atoms with Crippen molar-refractivity contribution in [1.29, 1.82) is 5.26 Å². The van der Waals surface area contributed by atoms with Crippen molar-refractivity contribution in [2.45, 2.75) is 0 Å². The smallest absolute Gasteiger partial charge is 0.149 e. The van der Waals surface area contributed by atoms with Crippen LogP contribution in [0.25, 0.3) is 10.9 Å². The summed E-state index contributed by atoms with van der Waals surface area (Å²) in [6, 6.07) is 7.72. The third-order valence-corrected chi connectivity index (χ3v) is 2.10. The summed E-state index contributed by atoms with van der Waals surface area (Å²) < 4.78 is 13.3. The molecule has 1 heterocycles. The largest absolute Gasteiger partial charge is 0.233 e. The van der Waals surface area contributed by atoms with E-state index in [9.17, 15) is 4.39 Å². The van der Waals surface area contributed by atoms with Gasteiger partial charge in [0.05, 0.1) is 11.6 Å². The number of hydrogen-bond donors (Lipinski definition) is 0. The molecule has 0 spiro atoms. The summed E-state index contributed by atoms with van der Waals surface area (Å²) in [5.41, 5.74) is 0.530. The van der Waals surface area contributed by atoms with Gasteiger partial charge in [-0.1, -0.05) is 11.6 Å². The van der Waals surface area contributed by atoms with Gasteiger partial charge in [-0.3, -0.25) is 0 Å². The Balaban J connectivity index is 2.93. The van der Waals surface area contributed by atoms with Gasteiger partial charge in [0.2, 0.25) is 0 Å². The number of hydrogen-bond acceptors (Lipinski definition) is 2. The number of benzene rings is 1. The summed E-state index contributed by atoms with van der Waals surface area (Å²) in [5.74, 6) is -0.471. The monoisotopic (exact) mass is 206 g/mol. The molecule has 0 N–H and O–H groups in total. The molecule has 2 nitrogen and oxygen atoms in total. The van der Waals surface area contributed by atoms with Gasteiger partial charge in [-0.25, -0.2) is 9.37 Å². The molecule has 0 saturated heterocycles. The van der Waals surface area contributed by atoms with Crippen molar-refractivity contribution in [1.82, 2.24) is 4.98 Å². The van der Waals surface area contributed by atoms with Gasteiger partial charge in [0, 0.05) is 5.39 Å². The van der Waals surface area contributed by atoms with E-state index in [1.165, 1.54) is 18.2 Å². The van der Waals surface area contributed by atoms with E-state index in [0.717, 1.165) is 0 Å². The Labute approximate surface area is 84.6 Å². The first-order chi connectivity index (χ1) is 6.72. The number of nitriles is 1. The molecule has 2 aromatic rings. The van der Waals surface area contributed by atoms with Crippen LogP contribution in [0, 0.1) is 17.1 Å². The average Bonchev–Trinajstić information content (AvgIpc) is 2.19. The van der Waals surface area contributed by atoms with E-state index in [1.54, 1.807) is 6.07 Å². The first-order valence-electron chi connectivity index (χ1n) is 3.87. The summed E-state index contributed by atoms with van der Waals surface area (Å²) in [6.45, 7) is 0. The van der Waals surface area contributed by atoms with E-state index in [2.05, 4.69) is 4.98 Å². The van der Waals surface area contributed by atoms with Crippen LogP contribution in [-0.2, 0) is 0 Å². The highest BCUT2D eigenvalue weighted by atomic mass is 35.5. The van der Waals surface area contributed by atoms with Crippen molar-refractivity contribution in [2.24, 2.45) is 0 Å². The molecule has 14 heavy (non-hydrogen) atoms. The quantitative estimate of drug-likeness (QED) is 0.622. The standard InChI is InChI=1S/C10H4ClFN2/c11-9-4-2-7-6(5-13)1-3-8(12)10(7)14-9/h1-4H. The van der Waals surface area contributed by atoms with Gasteiger partial charge in [0.1, 0.15) is 16.5 Å². The zero-order valence-corrected chi connectivity index (χ0v) is 7.72. The first kappa shape index (κ1) is 8.92. The van der Waals surface area contributed by atoms with Crippen LogP contribution in [0.2, 0.25) is 5.15 Å². The lowest BCUT2D eigenvalue weighted by Gasteiger charge is -2.00. The van der Waals surface area contributed by atoms with E-state index in [0.29, 0.717) is 10.9 Å². The highest BCUT2D eigenvalue weighted by molar-refractivity contribution is 6.29. The molecular formula is C10H4ClFN2. The van der Waals surface area contributed by atoms with Crippen LogP contribution in [-0.4, -0.2) is 4.98 Å². The molecular weight excluding hydrogens is 203 g/mol. The lowest BCUT2D eigenvalue weighted by Crippen LogP contribution is -1.88. The number of halogens is 2. The molecule has 68 valence electrons. The fraction of sp³-hybridized carbons (Fsp3) is 0. The summed E-state index contributed by atoms with van der Waals surface area (Å²) in [5, 5.41) is 9.46. The van der Waals surface area contributed by atoms with E-state index in [1.807, 2.05) is 6.07 Å². The minimum atomic E-state index is -0.471. The normalized spacial score (nSPS) is 10.1. The molecule has 0 radical (unpaired) electrons. The van der Waals surface area contributed by atoms with E-state index >= 15 is 0 Å². The van der Waals surface area contributed by atoms with E-state index in [4.69, 9.17) is 16.9 Å². The summed E-state index contributed by atoms with van der Waals surface area (Å²) in [6.07, 6.45) is 0. The molecule has 0 amide bonds. The maximum atomic E-state index is 13.3. The highest BCUT2D eigenvalue weighted by Crippen LogP contribution is 2.21. The maximum Gasteiger partial charge on any atom is 0.149 e. The molecule has 0 unspecified atom stereocenters. The topological polar surface area (TPSA) is 36.7 Å². The predicted molar refractivity (Wildman–Crippen MR) is 51.4 cm³/mol. The van der Waals surface area contributed by atoms with Crippen LogP contribution in [0.3, 0.4) is 0 Å². The zero-order valence-electron chi connectivity index (χ0n) is 6.96. The number of nitrogens with zero attached hydrogens (tertiary/aromatic N) is 2. The molecule has 0 aliphatic carbocycles. The third-order valence-electron chi connectivity index (χ3n) is 1.89. The van der Waals surface area contributed by atoms with Crippen molar-refractivity contribution >= 4 is 22.5 Å². The molecule has 0 saturated carbocycles. The van der Waals surface area contributed by atoms with Crippen LogP contribution in [0.1, 0.15) is 5.56 Å². The second-order valence-corrected chi connectivity index (χ2v) is 3.12. The van der Waals surface area contributed by atoms with Crippen molar-refractivity contribution < 1.29 is 4.39 Å². The molecule has 0 aliphatic rings. The zero-order chi connectivity index (χ0) is 10.1. The maximum absolute atomic E-state index is 13.3. The van der Waals surface area contributed by atoms with Gasteiger partial charge in [-0.2, -0.15) is 5.26 Å². The summed E-state index contributed by atoms with van der Waals surface area (Å²) in [7, 11) is 0. The summed E-state index contributed by atoms with van der Waals surface area (Å²) >= 11 is 5.63. The van der Waals surface area contributed by atoms with Gasteiger partial charge in [-0.05, 0) is 24.3 Å². The van der Waals surface area contributed by atoms with E-state index in [-0.39, 0.29) is 10.7 Å². The molecule has 0 bridgehead atoms. The Bertz CT molecular complexity index is 546. The lowest BCUT2D eigenvalue weighted by atomic mass is 10.1. The van der Waals surface area contributed by atoms with E-state index < -0.39 is 5.82 Å². The second kappa shape index (κ2) is 3.24. The Morgan fingerprint density at radius 1 is 1.29 bits per heavy atom. The van der Waals surface area contributed by atoms with Crippen LogP contribution in [0.15, 0.2) is 24.3 Å². The van der Waals surface area contributed by atoms with Gasteiger partial charge in [0.25, 0.3) is 0 Å². The molecule has 0 aliphatic heterocycles. The van der Waals surface area contributed by atoms with Gasteiger partial charge < -0.3 is 0 Å². The van der Waals surface area contributed by atoms with Gasteiger partial charge in [0.15, 0.2) is 0 Å². The molecule has 0 fully saturated rings. The molecule has 4 heteroatoms. The Morgan fingerprint density at radius 2 is 2.07 bits per heavy atom. The minimum absolute atomic E-state index is 0.136. The van der Waals surface area contributed by atoms with Gasteiger partial charge in [-0.15, -0.1) is 0 Å². The first-order valence-corrected chi connectivity index (χ1v) is 4.25. The SMILES string of the molecule is N#Cc1ccc(F)c2nc(Cl)ccc12. The van der Waals surface area contributed by atoms with Crippen molar-refractivity contribution in [3.8, 4) is 6.07 Å². The second-order valence-electron chi connectivity index (χ2n) is 2.74. The number of fused-ring (bicyclic) bond motifs is 1. The number of aromatic nitrogens is 1. The summed E-state index contributed by atoms with van der Waals surface area (Å²) in [4.78, 5) is 3.82. The molecule has 0 atom stereocenters. The van der Waals surface area contributed by atoms with Crippen LogP contribution in [0.4, 0.5) is 4.39 Å². The molecule has 1 aromatic heterocycles. The Kier molecular flexibility index (Phi) is 2.06. The fourth-order valence-electron chi connectivity index (χ4n) is 1.26. The predicted octanol–water partition coefficient (Wildman–Crippen LogP) is 2.90.